The molecule has 0 heterocycles. The Kier molecular flexibility index (Phi) is 10.2. The Morgan fingerprint density at radius 2 is 1.88 bits per heavy atom. The molecular weight excluding hydrogens is 294 g/mol. The first-order valence-corrected chi connectivity index (χ1v) is 9.22. The molecule has 0 unspecified atom stereocenters. The van der Waals surface area contributed by atoms with Crippen LogP contribution in [-0.2, 0) is 6.42 Å². The van der Waals surface area contributed by atoms with E-state index in [1.807, 2.05) is 0 Å². The maximum Gasteiger partial charge on any atom is 0.122 e. The van der Waals surface area contributed by atoms with Gasteiger partial charge in [0.1, 0.15) is 5.75 Å². The molecule has 0 fully saturated rings. The third-order valence-electron chi connectivity index (χ3n) is 3.87. The molecule has 0 amide bonds. The van der Waals surface area contributed by atoms with Crippen LogP contribution in [0.4, 0.5) is 0 Å². The number of nitrogens with one attached hydrogen (secondary N) is 1. The molecule has 0 aliphatic heterocycles. The van der Waals surface area contributed by atoms with E-state index >= 15 is 0 Å². The summed E-state index contributed by atoms with van der Waals surface area (Å²) < 4.78 is 5.99. The van der Waals surface area contributed by atoms with Crippen molar-refractivity contribution < 1.29 is 4.74 Å². The van der Waals surface area contributed by atoms with E-state index < -0.39 is 0 Å². The van der Waals surface area contributed by atoms with Crippen molar-refractivity contribution >= 4 is 0 Å². The minimum absolute atomic E-state index is 0.539. The highest BCUT2D eigenvalue weighted by Gasteiger charge is 2.02. The lowest BCUT2D eigenvalue weighted by Gasteiger charge is -2.12. The van der Waals surface area contributed by atoms with Crippen LogP contribution in [0.2, 0.25) is 0 Å². The number of para-hydroxylation sites is 1. The van der Waals surface area contributed by atoms with Gasteiger partial charge in [0.25, 0.3) is 0 Å². The summed E-state index contributed by atoms with van der Waals surface area (Å²) in [7, 11) is 0. The second kappa shape index (κ2) is 11.9. The lowest BCUT2D eigenvalue weighted by Crippen LogP contribution is -2.24. The fourth-order valence-corrected chi connectivity index (χ4v) is 2.43. The van der Waals surface area contributed by atoms with Crippen LogP contribution in [0.5, 0.6) is 5.75 Å². The summed E-state index contributed by atoms with van der Waals surface area (Å²) in [6.45, 7) is 12.6. The number of hydrogen-bond donors (Lipinski definition) is 1. The van der Waals surface area contributed by atoms with Crippen LogP contribution in [0.1, 0.15) is 59.4 Å². The third kappa shape index (κ3) is 9.57. The highest BCUT2D eigenvalue weighted by Crippen LogP contribution is 2.20. The van der Waals surface area contributed by atoms with Gasteiger partial charge in [0.15, 0.2) is 0 Å². The van der Waals surface area contributed by atoms with E-state index in [2.05, 4.69) is 76.4 Å². The van der Waals surface area contributed by atoms with E-state index in [9.17, 15) is 0 Å². The average Bonchev–Trinajstić information content (AvgIpc) is 2.53. The van der Waals surface area contributed by atoms with Gasteiger partial charge < -0.3 is 10.1 Å². The minimum Gasteiger partial charge on any atom is -0.493 e. The van der Waals surface area contributed by atoms with E-state index in [0.29, 0.717) is 6.04 Å². The standard InChI is InChI=1S/C22H35NO/c1-18(2)10-8-11-20(5)14-15-21-12-6-7-13-22(21)24-17-9-16-23-19(3)4/h6-7,10,12-14,19,23H,8-9,11,15-17H2,1-5H3/b20-14+. The topological polar surface area (TPSA) is 21.3 Å². The molecule has 0 aliphatic carbocycles. The van der Waals surface area contributed by atoms with Crippen molar-refractivity contribution in [3.05, 3.63) is 53.1 Å². The van der Waals surface area contributed by atoms with Crippen LogP contribution in [0.15, 0.2) is 47.6 Å². The number of hydrogen-bond acceptors (Lipinski definition) is 2. The lowest BCUT2D eigenvalue weighted by atomic mass is 10.1. The maximum atomic E-state index is 5.99. The first-order valence-electron chi connectivity index (χ1n) is 9.22. The highest BCUT2D eigenvalue weighted by atomic mass is 16.5. The van der Waals surface area contributed by atoms with Crippen molar-refractivity contribution in [1.82, 2.24) is 5.32 Å². The van der Waals surface area contributed by atoms with Crippen molar-refractivity contribution in [3.8, 4) is 5.75 Å². The molecule has 1 aromatic carbocycles. The molecule has 0 radical (unpaired) electrons. The molecule has 2 heteroatoms. The van der Waals surface area contributed by atoms with Crippen LogP contribution in [-0.4, -0.2) is 19.2 Å². The lowest BCUT2D eigenvalue weighted by molar-refractivity contribution is 0.304. The van der Waals surface area contributed by atoms with E-state index in [1.54, 1.807) is 0 Å². The van der Waals surface area contributed by atoms with Crippen LogP contribution in [0, 0.1) is 0 Å². The van der Waals surface area contributed by atoms with Crippen molar-refractivity contribution in [2.24, 2.45) is 0 Å². The second-order valence-corrected chi connectivity index (χ2v) is 6.99. The molecule has 0 saturated heterocycles. The largest absolute Gasteiger partial charge is 0.493 e. The fraction of sp³-hybridized carbons (Fsp3) is 0.545. The smallest absolute Gasteiger partial charge is 0.122 e. The molecule has 0 atom stereocenters. The summed E-state index contributed by atoms with van der Waals surface area (Å²) in [6, 6.07) is 8.93. The predicted octanol–water partition coefficient (Wildman–Crippen LogP) is 5.69. The molecule has 2 nitrogen and oxygen atoms in total. The van der Waals surface area contributed by atoms with Crippen LogP contribution in [0.3, 0.4) is 0 Å². The normalized spacial score (nSPS) is 11.7. The molecule has 1 N–H and O–H groups in total. The Bertz CT molecular complexity index is 525. The molecule has 0 spiro atoms. The van der Waals surface area contributed by atoms with Gasteiger partial charge in [-0.1, -0.05) is 55.3 Å². The zero-order valence-electron chi connectivity index (χ0n) is 16.2. The Balaban J connectivity index is 2.46. The molecule has 24 heavy (non-hydrogen) atoms. The average molecular weight is 330 g/mol. The van der Waals surface area contributed by atoms with E-state index in [0.717, 1.165) is 44.6 Å². The molecule has 0 saturated carbocycles. The van der Waals surface area contributed by atoms with Gasteiger partial charge in [-0.25, -0.2) is 0 Å². The SMILES string of the molecule is CC(C)=CCC/C(C)=C/Cc1ccccc1OCCCNC(C)C. The van der Waals surface area contributed by atoms with Crippen LogP contribution < -0.4 is 10.1 Å². The molecular formula is C22H35NO. The van der Waals surface area contributed by atoms with E-state index in [1.165, 1.54) is 16.7 Å². The van der Waals surface area contributed by atoms with Gasteiger partial charge in [0.2, 0.25) is 0 Å². The van der Waals surface area contributed by atoms with Gasteiger partial charge in [-0.2, -0.15) is 0 Å². The van der Waals surface area contributed by atoms with Crippen molar-refractivity contribution in [1.29, 1.82) is 0 Å². The van der Waals surface area contributed by atoms with Gasteiger partial charge in [-0.05, 0) is 64.6 Å². The number of allylic oxidation sites excluding steroid dienone is 4. The van der Waals surface area contributed by atoms with Crippen molar-refractivity contribution in [2.75, 3.05) is 13.2 Å². The summed E-state index contributed by atoms with van der Waals surface area (Å²) >= 11 is 0. The summed E-state index contributed by atoms with van der Waals surface area (Å²) in [5, 5.41) is 3.42. The van der Waals surface area contributed by atoms with Crippen molar-refractivity contribution in [3.63, 3.8) is 0 Å². The van der Waals surface area contributed by atoms with Gasteiger partial charge in [-0.15, -0.1) is 0 Å². The molecule has 0 aliphatic rings. The minimum atomic E-state index is 0.539. The van der Waals surface area contributed by atoms with Gasteiger partial charge in [0, 0.05) is 6.04 Å². The van der Waals surface area contributed by atoms with Gasteiger partial charge in [0.05, 0.1) is 6.61 Å². The zero-order valence-corrected chi connectivity index (χ0v) is 16.2. The number of benzene rings is 1. The quantitative estimate of drug-likeness (QED) is 0.416. The van der Waals surface area contributed by atoms with Gasteiger partial charge in [-0.3, -0.25) is 0 Å². The van der Waals surface area contributed by atoms with E-state index in [4.69, 9.17) is 4.74 Å². The fourth-order valence-electron chi connectivity index (χ4n) is 2.43. The second-order valence-electron chi connectivity index (χ2n) is 6.99. The summed E-state index contributed by atoms with van der Waals surface area (Å²) in [6.07, 6.45) is 8.88. The molecule has 1 aromatic rings. The van der Waals surface area contributed by atoms with Crippen molar-refractivity contribution in [2.45, 2.75) is 66.3 Å². The maximum absolute atomic E-state index is 5.99. The Morgan fingerprint density at radius 1 is 1.12 bits per heavy atom. The monoisotopic (exact) mass is 329 g/mol. The molecule has 0 aromatic heterocycles. The Labute approximate surface area is 149 Å². The molecule has 0 bridgehead atoms. The Hall–Kier alpha value is -1.54. The van der Waals surface area contributed by atoms with Crippen LogP contribution >= 0.6 is 0 Å². The predicted molar refractivity (Wildman–Crippen MR) is 106 cm³/mol. The highest BCUT2D eigenvalue weighted by molar-refractivity contribution is 5.35. The van der Waals surface area contributed by atoms with Crippen LogP contribution in [0.25, 0.3) is 0 Å². The molecule has 134 valence electrons. The third-order valence-corrected chi connectivity index (χ3v) is 3.87. The summed E-state index contributed by atoms with van der Waals surface area (Å²) in [5.41, 5.74) is 4.12. The summed E-state index contributed by atoms with van der Waals surface area (Å²) in [4.78, 5) is 0. The number of rotatable bonds is 11. The van der Waals surface area contributed by atoms with E-state index in [-0.39, 0.29) is 0 Å². The molecule has 1 rings (SSSR count). The zero-order chi connectivity index (χ0) is 17.8. The summed E-state index contributed by atoms with van der Waals surface area (Å²) in [5.74, 6) is 1.02. The first-order chi connectivity index (χ1) is 11.5. The number of ether oxygens (including phenoxy) is 1. The van der Waals surface area contributed by atoms with Gasteiger partial charge >= 0.3 is 0 Å². The Morgan fingerprint density at radius 3 is 2.58 bits per heavy atom. The first kappa shape index (κ1) is 20.5.